The molecule has 0 spiro atoms. The fourth-order valence-electron chi connectivity index (χ4n) is 5.37. The van der Waals surface area contributed by atoms with E-state index in [1.165, 1.54) is 4.57 Å². The van der Waals surface area contributed by atoms with Crippen molar-refractivity contribution in [2.45, 2.75) is 45.2 Å². The molecular weight excluding hydrogens is 522 g/mol. The van der Waals surface area contributed by atoms with Crippen LogP contribution < -0.4 is 16.1 Å². The third kappa shape index (κ3) is 5.59. The number of amides is 1. The minimum Gasteiger partial charge on any atom is -0.379 e. The van der Waals surface area contributed by atoms with Crippen molar-refractivity contribution in [2.75, 3.05) is 44.3 Å². The number of ether oxygens (including phenoxy) is 1. The number of hydrogen-bond acceptors (Lipinski definition) is 7. The summed E-state index contributed by atoms with van der Waals surface area (Å²) in [5, 5.41) is 0. The number of carbonyl (C=O) groups excluding carboxylic acids is 1. The van der Waals surface area contributed by atoms with E-state index in [1.807, 2.05) is 43.3 Å². The second-order valence-electron chi connectivity index (χ2n) is 10.7. The number of H-pyrrole nitrogens is 1. The number of nitrogens with zero attached hydrogens (tertiary/aromatic N) is 6. The molecule has 1 amide bonds. The monoisotopic (exact) mass is 557 g/mol. The molecule has 0 radical (unpaired) electrons. The Morgan fingerprint density at radius 3 is 2.54 bits per heavy atom. The van der Waals surface area contributed by atoms with Gasteiger partial charge in [0.15, 0.2) is 5.65 Å². The third-order valence-electron chi connectivity index (χ3n) is 7.69. The predicted octanol–water partition coefficient (Wildman–Crippen LogP) is 3.06. The molecule has 1 saturated carbocycles. The normalized spacial score (nSPS) is 15.8. The number of benzene rings is 1. The standard InChI is InChI=1S/C30H35N7O4/c1-2-13-36-27-25(29(39)37(30(36)40)23-10-11-23)32-26(33-27)22-9-12-24(31-20-22)35(28(38)21-7-4-3-5-8-21)15-6-14-34-16-18-41-19-17-34/h3-5,7-9,12,20,23H,2,6,10-11,13-19H2,1H3,(H,32,33). The Labute approximate surface area is 237 Å². The maximum atomic E-state index is 13.5. The Morgan fingerprint density at radius 1 is 1.07 bits per heavy atom. The highest BCUT2D eigenvalue weighted by molar-refractivity contribution is 6.05. The van der Waals surface area contributed by atoms with Gasteiger partial charge in [-0.1, -0.05) is 25.1 Å². The maximum absolute atomic E-state index is 13.5. The number of morpholine rings is 1. The number of hydrogen-bond donors (Lipinski definition) is 1. The molecule has 1 aromatic carbocycles. The molecule has 1 saturated heterocycles. The van der Waals surface area contributed by atoms with Crippen molar-refractivity contribution in [3.05, 3.63) is 75.1 Å². The topological polar surface area (TPSA) is 118 Å². The van der Waals surface area contributed by atoms with Crippen LogP contribution in [0.25, 0.3) is 22.6 Å². The Kier molecular flexibility index (Phi) is 7.80. The smallest absolute Gasteiger partial charge is 0.333 e. The lowest BCUT2D eigenvalue weighted by Crippen LogP contribution is -2.39. The summed E-state index contributed by atoms with van der Waals surface area (Å²) in [7, 11) is 0. The highest BCUT2D eigenvalue weighted by Gasteiger charge is 2.30. The predicted molar refractivity (Wildman–Crippen MR) is 156 cm³/mol. The Morgan fingerprint density at radius 2 is 1.85 bits per heavy atom. The van der Waals surface area contributed by atoms with E-state index in [2.05, 4.69) is 19.9 Å². The molecular formula is C30H35N7O4. The summed E-state index contributed by atoms with van der Waals surface area (Å²) >= 11 is 0. The second kappa shape index (κ2) is 11.8. The van der Waals surface area contributed by atoms with E-state index in [0.29, 0.717) is 47.0 Å². The van der Waals surface area contributed by atoms with Crippen molar-refractivity contribution in [1.82, 2.24) is 29.0 Å². The Balaban J connectivity index is 1.29. The average Bonchev–Trinajstić information content (AvgIpc) is 3.74. The third-order valence-corrected chi connectivity index (χ3v) is 7.69. The van der Waals surface area contributed by atoms with Crippen LogP contribution in [0.15, 0.2) is 58.3 Å². The molecule has 2 aliphatic rings. The van der Waals surface area contributed by atoms with Crippen LogP contribution in [0.2, 0.25) is 0 Å². The Bertz CT molecular complexity index is 1630. The van der Waals surface area contributed by atoms with Crippen molar-refractivity contribution < 1.29 is 9.53 Å². The molecule has 0 bridgehead atoms. The van der Waals surface area contributed by atoms with Gasteiger partial charge in [0.2, 0.25) is 0 Å². The van der Waals surface area contributed by atoms with Crippen LogP contribution in [0.5, 0.6) is 0 Å². The molecule has 1 aliphatic heterocycles. The van der Waals surface area contributed by atoms with Gasteiger partial charge in [-0.25, -0.2) is 14.8 Å². The summed E-state index contributed by atoms with van der Waals surface area (Å²) in [5.74, 6) is 0.891. The molecule has 41 heavy (non-hydrogen) atoms. The van der Waals surface area contributed by atoms with E-state index in [1.54, 1.807) is 21.7 Å². The molecule has 0 unspecified atom stereocenters. The van der Waals surface area contributed by atoms with Gasteiger partial charge in [-0.05, 0) is 49.9 Å². The molecule has 214 valence electrons. The van der Waals surface area contributed by atoms with Crippen LogP contribution in [0.4, 0.5) is 5.82 Å². The van der Waals surface area contributed by atoms with Gasteiger partial charge in [0.1, 0.15) is 17.2 Å². The number of imidazole rings is 1. The first-order valence-corrected chi connectivity index (χ1v) is 14.4. The van der Waals surface area contributed by atoms with E-state index in [9.17, 15) is 14.4 Å². The van der Waals surface area contributed by atoms with E-state index in [-0.39, 0.29) is 23.2 Å². The number of fused-ring (bicyclic) bond motifs is 1. The van der Waals surface area contributed by atoms with Crippen molar-refractivity contribution >= 4 is 22.9 Å². The molecule has 0 atom stereocenters. The van der Waals surface area contributed by atoms with Gasteiger partial charge >= 0.3 is 5.69 Å². The zero-order valence-electron chi connectivity index (χ0n) is 23.3. The van der Waals surface area contributed by atoms with Crippen LogP contribution in [0.3, 0.4) is 0 Å². The summed E-state index contributed by atoms with van der Waals surface area (Å²) in [5.41, 5.74) is 1.32. The first kappa shape index (κ1) is 27.1. The highest BCUT2D eigenvalue weighted by Crippen LogP contribution is 2.32. The number of pyridine rings is 1. The molecule has 4 aromatic rings. The lowest BCUT2D eigenvalue weighted by atomic mass is 10.2. The van der Waals surface area contributed by atoms with Gasteiger partial charge in [-0.3, -0.25) is 28.5 Å². The van der Waals surface area contributed by atoms with Gasteiger partial charge < -0.3 is 9.72 Å². The summed E-state index contributed by atoms with van der Waals surface area (Å²) in [6.07, 6.45) is 4.87. The maximum Gasteiger partial charge on any atom is 0.333 e. The lowest BCUT2D eigenvalue weighted by Gasteiger charge is -2.28. The number of nitrogens with one attached hydrogen (secondary N) is 1. The quantitative estimate of drug-likeness (QED) is 0.318. The van der Waals surface area contributed by atoms with Crippen molar-refractivity contribution in [3.8, 4) is 11.4 Å². The summed E-state index contributed by atoms with van der Waals surface area (Å²) in [6, 6.07) is 12.8. The average molecular weight is 558 g/mol. The van der Waals surface area contributed by atoms with Crippen LogP contribution in [-0.2, 0) is 11.3 Å². The van der Waals surface area contributed by atoms with E-state index >= 15 is 0 Å². The van der Waals surface area contributed by atoms with Gasteiger partial charge in [-0.15, -0.1) is 0 Å². The number of aromatic nitrogens is 5. The minimum absolute atomic E-state index is 0.0356. The van der Waals surface area contributed by atoms with E-state index < -0.39 is 0 Å². The van der Waals surface area contributed by atoms with Crippen LogP contribution in [0, 0.1) is 0 Å². The number of carbonyl (C=O) groups is 1. The lowest BCUT2D eigenvalue weighted by molar-refractivity contribution is 0.0376. The zero-order valence-corrected chi connectivity index (χ0v) is 23.3. The summed E-state index contributed by atoms with van der Waals surface area (Å²) in [6.45, 7) is 7.13. The number of aromatic amines is 1. The molecule has 11 nitrogen and oxygen atoms in total. The molecule has 2 fully saturated rings. The highest BCUT2D eigenvalue weighted by atomic mass is 16.5. The van der Waals surface area contributed by atoms with Crippen LogP contribution >= 0.6 is 0 Å². The van der Waals surface area contributed by atoms with Crippen molar-refractivity contribution in [1.29, 1.82) is 0 Å². The molecule has 1 aliphatic carbocycles. The Hall–Kier alpha value is -4.09. The molecule has 4 heterocycles. The van der Waals surface area contributed by atoms with Gasteiger partial charge in [0.05, 0.1) is 13.2 Å². The number of rotatable bonds is 10. The van der Waals surface area contributed by atoms with Crippen molar-refractivity contribution in [2.24, 2.45) is 0 Å². The molecule has 6 rings (SSSR count). The van der Waals surface area contributed by atoms with Crippen LogP contribution in [-0.4, -0.2) is 74.3 Å². The van der Waals surface area contributed by atoms with Crippen LogP contribution in [0.1, 0.15) is 49.0 Å². The fraction of sp³-hybridized carbons (Fsp3) is 0.433. The minimum atomic E-state index is -0.330. The van der Waals surface area contributed by atoms with Gasteiger partial charge in [0, 0.05) is 56.1 Å². The van der Waals surface area contributed by atoms with Gasteiger partial charge in [-0.2, -0.15) is 0 Å². The second-order valence-corrected chi connectivity index (χ2v) is 10.7. The van der Waals surface area contributed by atoms with Crippen molar-refractivity contribution in [3.63, 3.8) is 0 Å². The number of anilines is 1. The summed E-state index contributed by atoms with van der Waals surface area (Å²) in [4.78, 5) is 56.4. The van der Waals surface area contributed by atoms with E-state index in [0.717, 1.165) is 58.5 Å². The molecule has 3 aromatic heterocycles. The zero-order chi connectivity index (χ0) is 28.3. The molecule has 1 N–H and O–H groups in total. The SMILES string of the molecule is CCCn1c(=O)n(C2CC2)c(=O)c2[nH]c(-c3ccc(N(CCCN4CCOCC4)C(=O)c4ccccc4)nc3)nc21. The fourth-order valence-corrected chi connectivity index (χ4v) is 5.37. The first-order chi connectivity index (χ1) is 20.0. The van der Waals surface area contributed by atoms with Gasteiger partial charge in [0.25, 0.3) is 11.5 Å². The first-order valence-electron chi connectivity index (χ1n) is 14.4. The largest absolute Gasteiger partial charge is 0.379 e. The summed E-state index contributed by atoms with van der Waals surface area (Å²) < 4.78 is 8.41. The molecule has 11 heteroatoms. The number of aryl methyl sites for hydroxylation is 1. The van der Waals surface area contributed by atoms with E-state index in [4.69, 9.17) is 4.74 Å².